The molecule has 1 aliphatic rings. The Morgan fingerprint density at radius 3 is 2.69 bits per heavy atom. The molecule has 0 bridgehead atoms. The van der Waals surface area contributed by atoms with Crippen molar-refractivity contribution in [2.24, 2.45) is 0 Å². The molecule has 1 unspecified atom stereocenters. The normalized spacial score (nSPS) is 16.6. The van der Waals surface area contributed by atoms with Gasteiger partial charge in [0.1, 0.15) is 5.82 Å². The van der Waals surface area contributed by atoms with Crippen LogP contribution in [0.4, 0.5) is 19.1 Å². The highest BCUT2D eigenvalue weighted by molar-refractivity contribution is 6.31. The number of rotatable bonds is 5. The second kappa shape index (κ2) is 7.90. The van der Waals surface area contributed by atoms with Gasteiger partial charge in [-0.15, -0.1) is 10.2 Å². The molecule has 2 aromatic heterocycles. The van der Waals surface area contributed by atoms with Gasteiger partial charge in [-0.05, 0) is 30.2 Å². The Morgan fingerprint density at radius 2 is 2.03 bits per heavy atom. The van der Waals surface area contributed by atoms with Crippen LogP contribution in [-0.2, 0) is 0 Å². The van der Waals surface area contributed by atoms with Gasteiger partial charge in [0.15, 0.2) is 0 Å². The summed E-state index contributed by atoms with van der Waals surface area (Å²) < 4.78 is 46.8. The fraction of sp³-hybridized carbons (Fsp3) is 0.316. The number of anilines is 1. The van der Waals surface area contributed by atoms with Gasteiger partial charge >= 0.3 is 0 Å². The summed E-state index contributed by atoms with van der Waals surface area (Å²) in [5.41, 5.74) is 1.23. The van der Waals surface area contributed by atoms with Crippen molar-refractivity contribution < 1.29 is 17.9 Å². The first-order valence-electron chi connectivity index (χ1n) is 8.91. The first-order chi connectivity index (χ1) is 14.0. The summed E-state index contributed by atoms with van der Waals surface area (Å²) in [5.74, 6) is -0.170. The van der Waals surface area contributed by atoms with Crippen LogP contribution in [0.1, 0.15) is 30.2 Å². The molecule has 6 nitrogen and oxygen atoms in total. The van der Waals surface area contributed by atoms with Gasteiger partial charge in [0.2, 0.25) is 17.7 Å². The first-order valence-corrected chi connectivity index (χ1v) is 9.29. The van der Waals surface area contributed by atoms with Crippen LogP contribution < -0.4 is 9.64 Å². The van der Waals surface area contributed by atoms with Crippen LogP contribution in [0.25, 0.3) is 5.69 Å². The predicted octanol–water partition coefficient (Wildman–Crippen LogP) is 4.39. The average molecular weight is 424 g/mol. The van der Waals surface area contributed by atoms with Crippen LogP contribution >= 0.6 is 11.6 Å². The summed E-state index contributed by atoms with van der Waals surface area (Å²) >= 11 is 6.19. The smallest absolute Gasteiger partial charge is 0.297 e. The molecule has 1 atom stereocenters. The molecule has 3 heterocycles. The number of halogens is 4. The zero-order valence-corrected chi connectivity index (χ0v) is 16.2. The van der Waals surface area contributed by atoms with Gasteiger partial charge in [-0.3, -0.25) is 4.57 Å². The average Bonchev–Trinajstić information content (AvgIpc) is 3.35. The van der Waals surface area contributed by atoms with Gasteiger partial charge in [-0.25, -0.2) is 18.2 Å². The minimum atomic E-state index is -2.80. The molecule has 10 heteroatoms. The molecule has 1 saturated heterocycles. The molecular formula is C19H17ClF3N5O. The van der Waals surface area contributed by atoms with Crippen molar-refractivity contribution in [3.63, 3.8) is 0 Å². The van der Waals surface area contributed by atoms with Gasteiger partial charge < -0.3 is 9.64 Å². The van der Waals surface area contributed by atoms with E-state index in [1.165, 1.54) is 30.0 Å². The fourth-order valence-corrected chi connectivity index (χ4v) is 3.86. The highest BCUT2D eigenvalue weighted by Gasteiger charge is 2.31. The van der Waals surface area contributed by atoms with E-state index >= 15 is 0 Å². The van der Waals surface area contributed by atoms with Crippen LogP contribution in [0, 0.1) is 5.82 Å². The highest BCUT2D eigenvalue weighted by Crippen LogP contribution is 2.36. The van der Waals surface area contributed by atoms with E-state index in [0.717, 1.165) is 12.0 Å². The third kappa shape index (κ3) is 3.74. The molecule has 0 aliphatic carbocycles. The van der Waals surface area contributed by atoms with E-state index in [4.69, 9.17) is 16.3 Å². The van der Waals surface area contributed by atoms with E-state index in [2.05, 4.69) is 15.2 Å². The maximum Gasteiger partial charge on any atom is 0.297 e. The zero-order chi connectivity index (χ0) is 20.5. The van der Waals surface area contributed by atoms with E-state index in [-0.39, 0.29) is 5.92 Å². The standard InChI is InChI=1S/C19H17ClF3N5O/c1-29-16-5-3-13(9-24-16)28-18(17(22)23)25-26-19(28)27-7-6-11(10-27)14-4-2-12(21)8-15(14)20/h2-5,8-9,11,17H,6-7,10H2,1H3. The van der Waals surface area contributed by atoms with Gasteiger partial charge in [0, 0.05) is 30.1 Å². The number of nitrogens with zero attached hydrogens (tertiary/aromatic N) is 5. The number of methoxy groups -OCH3 is 1. The number of aromatic nitrogens is 4. The molecule has 0 saturated carbocycles. The predicted molar refractivity (Wildman–Crippen MR) is 102 cm³/mol. The second-order valence-electron chi connectivity index (χ2n) is 6.65. The lowest BCUT2D eigenvalue weighted by Crippen LogP contribution is -2.23. The van der Waals surface area contributed by atoms with Crippen molar-refractivity contribution in [2.75, 3.05) is 25.1 Å². The number of pyridine rings is 1. The maximum absolute atomic E-state index is 13.6. The Hall–Kier alpha value is -2.81. The Kier molecular flexibility index (Phi) is 5.31. The molecule has 152 valence electrons. The molecule has 0 spiro atoms. The van der Waals surface area contributed by atoms with E-state index in [1.54, 1.807) is 18.2 Å². The van der Waals surface area contributed by atoms with Crippen molar-refractivity contribution in [3.05, 3.63) is 58.8 Å². The Morgan fingerprint density at radius 1 is 1.21 bits per heavy atom. The van der Waals surface area contributed by atoms with Crippen molar-refractivity contribution in [1.82, 2.24) is 19.7 Å². The van der Waals surface area contributed by atoms with E-state index in [0.29, 0.717) is 35.6 Å². The number of benzene rings is 1. The Labute approximate surface area is 169 Å². The molecule has 29 heavy (non-hydrogen) atoms. The van der Waals surface area contributed by atoms with Crippen molar-refractivity contribution in [2.45, 2.75) is 18.8 Å². The van der Waals surface area contributed by atoms with Gasteiger partial charge in [0.25, 0.3) is 6.43 Å². The summed E-state index contributed by atoms with van der Waals surface area (Å²) in [6.45, 7) is 1.07. The lowest BCUT2D eigenvalue weighted by atomic mass is 9.98. The summed E-state index contributed by atoms with van der Waals surface area (Å²) in [6.07, 6.45) is -0.645. The topological polar surface area (TPSA) is 56.1 Å². The molecule has 0 N–H and O–H groups in total. The summed E-state index contributed by atoms with van der Waals surface area (Å²) in [4.78, 5) is 5.96. The Balaban J connectivity index is 1.66. The van der Waals surface area contributed by atoms with Crippen LogP contribution in [0.2, 0.25) is 5.02 Å². The Bertz CT molecular complexity index is 1010. The number of hydrogen-bond donors (Lipinski definition) is 0. The maximum atomic E-state index is 13.6. The molecule has 0 amide bonds. The molecule has 1 fully saturated rings. The second-order valence-corrected chi connectivity index (χ2v) is 7.06. The lowest BCUT2D eigenvalue weighted by Gasteiger charge is -2.19. The third-order valence-corrected chi connectivity index (χ3v) is 5.25. The highest BCUT2D eigenvalue weighted by atomic mass is 35.5. The largest absolute Gasteiger partial charge is 0.481 e. The first kappa shape index (κ1) is 19.5. The van der Waals surface area contributed by atoms with Crippen LogP contribution in [0.3, 0.4) is 0 Å². The van der Waals surface area contributed by atoms with E-state index in [9.17, 15) is 13.2 Å². The van der Waals surface area contributed by atoms with Crippen LogP contribution in [-0.4, -0.2) is 39.9 Å². The lowest BCUT2D eigenvalue weighted by molar-refractivity contribution is 0.138. The monoisotopic (exact) mass is 423 g/mol. The molecule has 3 aromatic rings. The summed E-state index contributed by atoms with van der Waals surface area (Å²) in [6, 6.07) is 7.51. The van der Waals surface area contributed by atoms with E-state index < -0.39 is 18.1 Å². The minimum absolute atomic E-state index is 0.0252. The fourth-order valence-electron chi connectivity index (χ4n) is 3.54. The number of alkyl halides is 2. The zero-order valence-electron chi connectivity index (χ0n) is 15.4. The molecular weight excluding hydrogens is 407 g/mol. The van der Waals surface area contributed by atoms with Gasteiger partial charge in [-0.2, -0.15) is 0 Å². The van der Waals surface area contributed by atoms with Gasteiger partial charge in [-0.1, -0.05) is 17.7 Å². The van der Waals surface area contributed by atoms with Crippen LogP contribution in [0.5, 0.6) is 5.88 Å². The SMILES string of the molecule is COc1ccc(-n2c(C(F)F)nnc2N2CCC(c3ccc(F)cc3Cl)C2)cn1. The van der Waals surface area contributed by atoms with Crippen molar-refractivity contribution in [1.29, 1.82) is 0 Å². The van der Waals surface area contributed by atoms with Crippen molar-refractivity contribution >= 4 is 17.5 Å². The van der Waals surface area contributed by atoms with Gasteiger partial charge in [0.05, 0.1) is 19.0 Å². The molecule has 1 aliphatic heterocycles. The summed E-state index contributed by atoms with van der Waals surface area (Å²) in [7, 11) is 1.47. The summed E-state index contributed by atoms with van der Waals surface area (Å²) in [5, 5.41) is 8.06. The minimum Gasteiger partial charge on any atom is -0.481 e. The van der Waals surface area contributed by atoms with Crippen molar-refractivity contribution in [3.8, 4) is 11.6 Å². The third-order valence-electron chi connectivity index (χ3n) is 4.93. The molecule has 1 aromatic carbocycles. The number of ether oxygens (including phenoxy) is 1. The molecule has 4 rings (SSSR count). The number of hydrogen-bond acceptors (Lipinski definition) is 5. The van der Waals surface area contributed by atoms with E-state index in [1.807, 2.05) is 4.90 Å². The quantitative estimate of drug-likeness (QED) is 0.609. The molecule has 0 radical (unpaired) electrons. The van der Waals surface area contributed by atoms with Crippen LogP contribution in [0.15, 0.2) is 36.5 Å².